The number of likely N-dealkylation sites (tertiary alicyclic amines) is 1. The van der Waals surface area contributed by atoms with Gasteiger partial charge in [-0.25, -0.2) is 13.8 Å². The number of halogens is 3. The highest BCUT2D eigenvalue weighted by Crippen LogP contribution is 2.16. The van der Waals surface area contributed by atoms with Crippen LogP contribution in [0.1, 0.15) is 25.3 Å². The van der Waals surface area contributed by atoms with Crippen molar-refractivity contribution in [1.82, 2.24) is 15.5 Å². The minimum Gasteiger partial charge on any atom is -0.492 e. The third-order valence-electron chi connectivity index (χ3n) is 4.78. The molecule has 0 bridgehead atoms. The Kier molecular flexibility index (Phi) is 10.8. The van der Waals surface area contributed by atoms with E-state index in [0.717, 1.165) is 57.1 Å². The highest BCUT2D eigenvalue weighted by Gasteiger charge is 2.20. The zero-order valence-corrected chi connectivity index (χ0v) is 20.2. The second kappa shape index (κ2) is 13.1. The van der Waals surface area contributed by atoms with E-state index in [4.69, 9.17) is 4.74 Å². The maximum atomic E-state index is 13.2. The second-order valence-electron chi connectivity index (χ2n) is 7.01. The molecule has 3 rings (SSSR count). The van der Waals surface area contributed by atoms with Crippen LogP contribution in [0.3, 0.4) is 0 Å². The van der Waals surface area contributed by atoms with Crippen LogP contribution >= 0.6 is 35.3 Å². The van der Waals surface area contributed by atoms with E-state index in [0.29, 0.717) is 24.9 Å². The molecule has 0 radical (unpaired) electrons. The number of nitrogens with zero attached hydrogens (tertiary/aromatic N) is 2. The predicted octanol–water partition coefficient (Wildman–Crippen LogP) is 4.24. The molecule has 2 heterocycles. The standard InChI is InChI=1S/C21H28F2N4OS.HI/c1-2-24-21(25-8-11-28-18-3-4-19(22)20(23)13-18)26-17-5-9-27(10-6-17)14-16-7-12-29-15-16;/h3-4,7,12-13,15,17H,2,5-6,8-11,14H2,1H3,(H2,24,25,26);1H. The van der Waals surface area contributed by atoms with E-state index in [9.17, 15) is 8.78 Å². The molecule has 166 valence electrons. The average Bonchev–Trinajstić information content (AvgIpc) is 3.22. The van der Waals surface area contributed by atoms with E-state index in [2.05, 4.69) is 37.4 Å². The number of benzene rings is 1. The maximum Gasteiger partial charge on any atom is 0.191 e. The summed E-state index contributed by atoms with van der Waals surface area (Å²) >= 11 is 1.74. The Morgan fingerprint density at radius 2 is 2.03 bits per heavy atom. The van der Waals surface area contributed by atoms with Crippen molar-refractivity contribution in [2.75, 3.05) is 32.8 Å². The molecule has 2 aromatic rings. The Hall–Kier alpha value is -1.46. The molecule has 0 spiro atoms. The van der Waals surface area contributed by atoms with Crippen molar-refractivity contribution in [3.8, 4) is 5.75 Å². The average molecular weight is 550 g/mol. The molecule has 1 aliphatic heterocycles. The molecule has 0 saturated carbocycles. The van der Waals surface area contributed by atoms with Gasteiger partial charge >= 0.3 is 0 Å². The molecule has 9 heteroatoms. The van der Waals surface area contributed by atoms with Gasteiger partial charge in [-0.2, -0.15) is 11.3 Å². The van der Waals surface area contributed by atoms with Crippen molar-refractivity contribution in [3.63, 3.8) is 0 Å². The van der Waals surface area contributed by atoms with Crippen LogP contribution in [0.15, 0.2) is 40.0 Å². The van der Waals surface area contributed by atoms with Crippen LogP contribution in [0.5, 0.6) is 5.75 Å². The Bertz CT molecular complexity index is 783. The van der Waals surface area contributed by atoms with Gasteiger partial charge in [0.25, 0.3) is 0 Å². The third-order valence-corrected chi connectivity index (χ3v) is 5.51. The third kappa shape index (κ3) is 7.99. The van der Waals surface area contributed by atoms with Crippen LogP contribution in [0.2, 0.25) is 0 Å². The molecule has 0 amide bonds. The first-order valence-corrected chi connectivity index (χ1v) is 10.9. The number of piperidine rings is 1. The van der Waals surface area contributed by atoms with Crippen LogP contribution in [-0.2, 0) is 6.54 Å². The largest absolute Gasteiger partial charge is 0.492 e. The molecule has 0 unspecified atom stereocenters. The van der Waals surface area contributed by atoms with Gasteiger partial charge in [0.05, 0.1) is 6.54 Å². The minimum atomic E-state index is -0.911. The zero-order chi connectivity index (χ0) is 20.5. The number of aliphatic imine (C=N–C) groups is 1. The number of guanidine groups is 1. The summed E-state index contributed by atoms with van der Waals surface area (Å²) in [5, 5.41) is 11.1. The van der Waals surface area contributed by atoms with Crippen molar-refractivity contribution in [1.29, 1.82) is 0 Å². The fourth-order valence-electron chi connectivity index (χ4n) is 3.28. The van der Waals surface area contributed by atoms with Crippen molar-refractivity contribution < 1.29 is 13.5 Å². The van der Waals surface area contributed by atoms with E-state index in [1.165, 1.54) is 11.6 Å². The summed E-state index contributed by atoms with van der Waals surface area (Å²) in [7, 11) is 0. The molecule has 0 aliphatic carbocycles. The molecule has 1 aromatic heterocycles. The molecule has 1 aromatic carbocycles. The maximum absolute atomic E-state index is 13.2. The van der Waals surface area contributed by atoms with Crippen molar-refractivity contribution in [2.45, 2.75) is 32.4 Å². The van der Waals surface area contributed by atoms with Gasteiger partial charge in [0.2, 0.25) is 0 Å². The Labute approximate surface area is 197 Å². The number of ether oxygens (including phenoxy) is 1. The lowest BCUT2D eigenvalue weighted by Gasteiger charge is -2.33. The first-order chi connectivity index (χ1) is 14.1. The first kappa shape index (κ1) is 24.8. The van der Waals surface area contributed by atoms with E-state index < -0.39 is 11.6 Å². The van der Waals surface area contributed by atoms with Gasteiger partial charge in [-0.05, 0) is 54.3 Å². The highest BCUT2D eigenvalue weighted by molar-refractivity contribution is 14.0. The zero-order valence-electron chi connectivity index (χ0n) is 17.1. The van der Waals surface area contributed by atoms with Crippen LogP contribution in [-0.4, -0.2) is 49.7 Å². The Morgan fingerprint density at radius 1 is 1.23 bits per heavy atom. The molecule has 2 N–H and O–H groups in total. The lowest BCUT2D eigenvalue weighted by atomic mass is 10.0. The quantitative estimate of drug-likeness (QED) is 0.224. The fourth-order valence-corrected chi connectivity index (χ4v) is 3.94. The molecule has 5 nitrogen and oxygen atoms in total. The topological polar surface area (TPSA) is 48.9 Å². The first-order valence-electron chi connectivity index (χ1n) is 10.00. The van der Waals surface area contributed by atoms with Gasteiger partial charge < -0.3 is 15.4 Å². The Balaban J connectivity index is 0.00000320. The predicted molar refractivity (Wildman–Crippen MR) is 129 cm³/mol. The normalized spacial score (nSPS) is 15.5. The smallest absolute Gasteiger partial charge is 0.191 e. The molecular weight excluding hydrogens is 521 g/mol. The van der Waals surface area contributed by atoms with Crippen LogP contribution < -0.4 is 15.4 Å². The molecule has 30 heavy (non-hydrogen) atoms. The van der Waals surface area contributed by atoms with Crippen LogP contribution in [0.25, 0.3) is 0 Å². The van der Waals surface area contributed by atoms with Crippen molar-refractivity contribution in [2.24, 2.45) is 4.99 Å². The molecular formula is C21H29F2IN4OS. The van der Waals surface area contributed by atoms with E-state index >= 15 is 0 Å². The lowest BCUT2D eigenvalue weighted by Crippen LogP contribution is -2.48. The molecule has 1 aliphatic rings. The Morgan fingerprint density at radius 3 is 2.70 bits per heavy atom. The van der Waals surface area contributed by atoms with Gasteiger partial charge in [-0.15, -0.1) is 24.0 Å². The molecule has 1 fully saturated rings. The second-order valence-corrected chi connectivity index (χ2v) is 7.79. The minimum absolute atomic E-state index is 0. The van der Waals surface area contributed by atoms with Gasteiger partial charge in [0.1, 0.15) is 12.4 Å². The number of hydrogen-bond donors (Lipinski definition) is 2. The monoisotopic (exact) mass is 550 g/mol. The number of rotatable bonds is 8. The summed E-state index contributed by atoms with van der Waals surface area (Å²) < 4.78 is 31.6. The van der Waals surface area contributed by atoms with Gasteiger partial charge in [0, 0.05) is 38.3 Å². The van der Waals surface area contributed by atoms with E-state index in [-0.39, 0.29) is 24.0 Å². The number of thiophene rings is 1. The van der Waals surface area contributed by atoms with Crippen molar-refractivity contribution >= 4 is 41.3 Å². The lowest BCUT2D eigenvalue weighted by molar-refractivity contribution is 0.198. The summed E-state index contributed by atoms with van der Waals surface area (Å²) in [6.07, 6.45) is 2.14. The van der Waals surface area contributed by atoms with Gasteiger partial charge in [-0.3, -0.25) is 4.90 Å². The molecule has 0 atom stereocenters. The van der Waals surface area contributed by atoms with Gasteiger partial charge in [0.15, 0.2) is 17.6 Å². The SMILES string of the molecule is CCNC(=NCCOc1ccc(F)c(F)c1)NC1CCN(Cc2ccsc2)CC1.I. The van der Waals surface area contributed by atoms with E-state index in [1.807, 2.05) is 6.92 Å². The summed E-state index contributed by atoms with van der Waals surface area (Å²) in [6, 6.07) is 6.10. The fraction of sp³-hybridized carbons (Fsp3) is 0.476. The number of nitrogens with one attached hydrogen (secondary N) is 2. The van der Waals surface area contributed by atoms with E-state index in [1.54, 1.807) is 11.3 Å². The molecule has 1 saturated heterocycles. The van der Waals surface area contributed by atoms with Crippen LogP contribution in [0, 0.1) is 11.6 Å². The summed E-state index contributed by atoms with van der Waals surface area (Å²) in [5.41, 5.74) is 1.39. The summed E-state index contributed by atoms with van der Waals surface area (Å²) in [5.74, 6) is -0.727. The van der Waals surface area contributed by atoms with Gasteiger partial charge in [-0.1, -0.05) is 0 Å². The highest BCUT2D eigenvalue weighted by atomic mass is 127. The summed E-state index contributed by atoms with van der Waals surface area (Å²) in [6.45, 7) is 6.65. The van der Waals surface area contributed by atoms with Crippen molar-refractivity contribution in [3.05, 3.63) is 52.2 Å². The summed E-state index contributed by atoms with van der Waals surface area (Å²) in [4.78, 5) is 7.02. The van der Waals surface area contributed by atoms with Crippen LogP contribution in [0.4, 0.5) is 8.78 Å². The number of hydrogen-bond acceptors (Lipinski definition) is 4.